The van der Waals surface area contributed by atoms with Gasteiger partial charge in [-0.3, -0.25) is 0 Å². The van der Waals surface area contributed by atoms with Gasteiger partial charge in [-0.1, -0.05) is 0 Å². The van der Waals surface area contributed by atoms with E-state index in [9.17, 15) is 4.79 Å². The first-order valence-corrected chi connectivity index (χ1v) is 2.31. The molecular weight excluding hydrogens is 138 g/mol. The van der Waals surface area contributed by atoms with Crippen molar-refractivity contribution in [2.45, 2.75) is 13.0 Å². The van der Waals surface area contributed by atoms with Gasteiger partial charge in [0.1, 0.15) is 0 Å². The van der Waals surface area contributed by atoms with Crippen molar-refractivity contribution >= 4 is 5.97 Å². The summed E-state index contributed by atoms with van der Waals surface area (Å²) in [4.78, 5) is 9.83. The second-order valence-corrected chi connectivity index (χ2v) is 1.48. The van der Waals surface area contributed by atoms with Crippen molar-refractivity contribution in [1.29, 1.82) is 0 Å². The Kier molecular flexibility index (Phi) is 3.00. The number of aliphatic carboxylic acids is 1. The van der Waals surface area contributed by atoms with E-state index >= 15 is 0 Å². The molecule has 0 rings (SSSR count). The van der Waals surface area contributed by atoms with E-state index in [0.717, 1.165) is 0 Å². The summed E-state index contributed by atoms with van der Waals surface area (Å²) >= 11 is 3.18. The molecule has 0 aromatic carbocycles. The summed E-state index contributed by atoms with van der Waals surface area (Å²) in [7, 11) is 0. The fraction of sp³-hybridized carbons (Fsp3) is 0.667. The molecule has 0 amide bonds. The van der Waals surface area contributed by atoms with E-state index in [0.29, 0.717) is 0 Å². The maximum atomic E-state index is 9.83. The van der Waals surface area contributed by atoms with Crippen molar-refractivity contribution in [1.82, 2.24) is 4.33 Å². The Bertz CT molecular complexity index is 75.3. The fourth-order valence-electron chi connectivity index (χ4n) is 0.0437. The average Bonchev–Trinajstić information content (AvgIpc) is 1.65. The van der Waals surface area contributed by atoms with Crippen LogP contribution >= 0.6 is 0 Å². The van der Waals surface area contributed by atoms with Crippen LogP contribution in [0.3, 0.4) is 0 Å². The van der Waals surface area contributed by atoms with Gasteiger partial charge in [-0.2, -0.15) is 0 Å². The molecule has 0 aliphatic rings. The SMILES string of the molecule is C[C@H]([NH][Fe])C(=O)O. The van der Waals surface area contributed by atoms with E-state index in [2.05, 4.69) is 20.6 Å². The Labute approximate surface area is 50.1 Å². The third kappa shape index (κ3) is 2.62. The van der Waals surface area contributed by atoms with Gasteiger partial charge in [0.2, 0.25) is 0 Å². The van der Waals surface area contributed by atoms with E-state index in [1.807, 2.05) is 0 Å². The first-order chi connectivity index (χ1) is 3.18. The molecule has 0 bridgehead atoms. The zero-order valence-electron chi connectivity index (χ0n) is 3.79. The summed E-state index contributed by atoms with van der Waals surface area (Å²) in [6, 6.07) is -0.542. The predicted molar refractivity (Wildman–Crippen MR) is 20.2 cm³/mol. The number of nitrogens with one attached hydrogen (secondary N) is 1. The summed E-state index contributed by atoms with van der Waals surface area (Å²) in [6.45, 7) is 1.52. The van der Waals surface area contributed by atoms with Gasteiger partial charge in [0, 0.05) is 0 Å². The number of carbonyl (C=O) groups is 1. The summed E-state index contributed by atoms with van der Waals surface area (Å²) in [5.41, 5.74) is 0. The predicted octanol–water partition coefficient (Wildman–Crippen LogP) is -0.489. The van der Waals surface area contributed by atoms with Crippen molar-refractivity contribution in [3.8, 4) is 0 Å². The molecule has 2 N–H and O–H groups in total. The van der Waals surface area contributed by atoms with Crippen molar-refractivity contribution in [3.63, 3.8) is 0 Å². The van der Waals surface area contributed by atoms with Crippen molar-refractivity contribution in [3.05, 3.63) is 0 Å². The number of hydrogen-bond donors (Lipinski definition) is 2. The zero-order chi connectivity index (χ0) is 5.86. The molecule has 0 aliphatic heterocycles. The summed E-state index contributed by atoms with van der Waals surface area (Å²) in [5.74, 6) is -0.880. The molecule has 1 atom stereocenters. The zero-order valence-corrected chi connectivity index (χ0v) is 4.89. The Morgan fingerprint density at radius 3 is 2.43 bits per heavy atom. The molecule has 4 heteroatoms. The van der Waals surface area contributed by atoms with Crippen LogP contribution in [-0.2, 0) is 21.0 Å². The van der Waals surface area contributed by atoms with E-state index in [-0.39, 0.29) is 0 Å². The quantitative estimate of drug-likeness (QED) is 0.514. The second-order valence-electron chi connectivity index (χ2n) is 1.16. The molecular formula is C3H6FeNO2. The van der Waals surface area contributed by atoms with E-state index in [4.69, 9.17) is 5.11 Å². The molecule has 0 unspecified atom stereocenters. The summed E-state index contributed by atoms with van der Waals surface area (Å²) in [6.07, 6.45) is 0. The Balaban J connectivity index is 3.34. The molecule has 0 fully saturated rings. The fourth-order valence-corrected chi connectivity index (χ4v) is 0.180. The number of carboxylic acid groups (broad SMARTS) is 1. The second kappa shape index (κ2) is 3.02. The van der Waals surface area contributed by atoms with E-state index in [1.54, 1.807) is 0 Å². The van der Waals surface area contributed by atoms with Crippen LogP contribution in [-0.4, -0.2) is 17.1 Å². The van der Waals surface area contributed by atoms with Gasteiger partial charge < -0.3 is 0 Å². The van der Waals surface area contributed by atoms with Crippen LogP contribution in [0.1, 0.15) is 6.92 Å². The van der Waals surface area contributed by atoms with Crippen molar-refractivity contribution in [2.24, 2.45) is 0 Å². The van der Waals surface area contributed by atoms with Crippen LogP contribution in [0.2, 0.25) is 0 Å². The molecule has 0 spiro atoms. The van der Waals surface area contributed by atoms with Gasteiger partial charge in [0.05, 0.1) is 0 Å². The average molecular weight is 144 g/mol. The van der Waals surface area contributed by atoms with Crippen molar-refractivity contribution < 1.29 is 26.1 Å². The molecule has 43 valence electrons. The first kappa shape index (κ1) is 6.95. The standard InChI is InChI=1S/C3H6NO2.Fe/c1-2(4)3(5)6;/h2,4H,1H3,(H,5,6);/q-1;+1/t2-;/m0./s1. The number of rotatable bonds is 2. The van der Waals surface area contributed by atoms with Gasteiger partial charge in [-0.05, 0) is 0 Å². The van der Waals surface area contributed by atoms with Crippen LogP contribution < -0.4 is 4.33 Å². The monoisotopic (exact) mass is 144 g/mol. The van der Waals surface area contributed by atoms with Gasteiger partial charge in [-0.25, -0.2) is 0 Å². The Morgan fingerprint density at radius 2 is 2.43 bits per heavy atom. The molecule has 0 saturated heterocycles. The molecule has 7 heavy (non-hydrogen) atoms. The first-order valence-electron chi connectivity index (χ1n) is 1.76. The third-order valence-electron chi connectivity index (χ3n) is 0.524. The van der Waals surface area contributed by atoms with Gasteiger partial charge >= 0.3 is 49.4 Å². The molecule has 0 radical (unpaired) electrons. The van der Waals surface area contributed by atoms with Crippen LogP contribution in [0.4, 0.5) is 0 Å². The van der Waals surface area contributed by atoms with Gasteiger partial charge in [0.25, 0.3) is 0 Å². The summed E-state index contributed by atoms with van der Waals surface area (Å²) in [5, 5.41) is 8.08. The minimum atomic E-state index is -0.880. The van der Waals surface area contributed by atoms with Crippen LogP contribution in [0.5, 0.6) is 0 Å². The van der Waals surface area contributed by atoms with Gasteiger partial charge in [0.15, 0.2) is 0 Å². The molecule has 0 heterocycles. The Hall–Kier alpha value is -0.0505. The van der Waals surface area contributed by atoms with Crippen molar-refractivity contribution in [2.75, 3.05) is 0 Å². The van der Waals surface area contributed by atoms with E-state index < -0.39 is 12.0 Å². The number of carboxylic acids is 1. The minimum absolute atomic E-state index is 0.542. The third-order valence-corrected chi connectivity index (χ3v) is 1.00. The van der Waals surface area contributed by atoms with Crippen LogP contribution in [0, 0.1) is 0 Å². The number of hydrogen-bond acceptors (Lipinski definition) is 2. The summed E-state index contributed by atoms with van der Waals surface area (Å²) < 4.78 is 2.31. The Morgan fingerprint density at radius 1 is 2.00 bits per heavy atom. The molecule has 3 nitrogen and oxygen atoms in total. The topological polar surface area (TPSA) is 49.3 Å². The normalized spacial score (nSPS) is 13.4. The van der Waals surface area contributed by atoms with Crippen LogP contribution in [0.25, 0.3) is 0 Å². The van der Waals surface area contributed by atoms with Gasteiger partial charge in [-0.15, -0.1) is 0 Å². The molecule has 0 saturated carbocycles. The molecule has 0 aromatic rings. The van der Waals surface area contributed by atoms with E-state index in [1.165, 1.54) is 6.92 Å². The molecule has 0 aromatic heterocycles. The van der Waals surface area contributed by atoms with Crippen LogP contribution in [0.15, 0.2) is 0 Å². The maximum absolute atomic E-state index is 9.83. The molecule has 0 aliphatic carbocycles.